The molecule has 1 amide bonds. The fourth-order valence-electron chi connectivity index (χ4n) is 2.20. The zero-order chi connectivity index (χ0) is 18.4. The van der Waals surface area contributed by atoms with E-state index in [0.29, 0.717) is 16.8 Å². The number of amides is 1. The first kappa shape index (κ1) is 18.6. The molecule has 0 aliphatic heterocycles. The van der Waals surface area contributed by atoms with E-state index in [1.165, 1.54) is 7.05 Å². The van der Waals surface area contributed by atoms with Gasteiger partial charge in [0.05, 0.1) is 23.9 Å². The predicted molar refractivity (Wildman–Crippen MR) is 96.2 cm³/mol. The van der Waals surface area contributed by atoms with Crippen molar-refractivity contribution in [2.24, 2.45) is 0 Å². The molecule has 0 aromatic heterocycles. The van der Waals surface area contributed by atoms with E-state index >= 15 is 0 Å². The molecule has 130 valence electrons. The summed E-state index contributed by atoms with van der Waals surface area (Å²) in [6.07, 6.45) is 0. The number of benzene rings is 2. The van der Waals surface area contributed by atoms with E-state index in [0.717, 1.165) is 9.87 Å². The van der Waals surface area contributed by atoms with Crippen molar-refractivity contribution in [1.29, 1.82) is 5.26 Å². The van der Waals surface area contributed by atoms with Gasteiger partial charge in [-0.2, -0.15) is 9.57 Å². The SMILES string of the molecule is Cc1ccccc1NC(=O)CN(C)S(=O)(=O)Cc1ccc(C#N)cc1. The van der Waals surface area contributed by atoms with Gasteiger partial charge in [0, 0.05) is 12.7 Å². The lowest BCUT2D eigenvalue weighted by Gasteiger charge is -2.17. The molecule has 0 bridgehead atoms. The summed E-state index contributed by atoms with van der Waals surface area (Å²) in [6, 6.07) is 15.6. The number of hydrogen-bond donors (Lipinski definition) is 1. The van der Waals surface area contributed by atoms with Gasteiger partial charge in [-0.25, -0.2) is 8.42 Å². The number of carbonyl (C=O) groups excluding carboxylic acids is 1. The number of sulfonamides is 1. The number of nitriles is 1. The second kappa shape index (κ2) is 7.92. The van der Waals surface area contributed by atoms with Gasteiger partial charge >= 0.3 is 0 Å². The lowest BCUT2D eigenvalue weighted by molar-refractivity contribution is -0.116. The topological polar surface area (TPSA) is 90.3 Å². The van der Waals surface area contributed by atoms with Crippen LogP contribution in [-0.2, 0) is 20.6 Å². The molecule has 0 heterocycles. The van der Waals surface area contributed by atoms with E-state index in [9.17, 15) is 13.2 Å². The summed E-state index contributed by atoms with van der Waals surface area (Å²) in [7, 11) is -2.27. The van der Waals surface area contributed by atoms with Crippen LogP contribution in [0.2, 0.25) is 0 Å². The van der Waals surface area contributed by atoms with Crippen LogP contribution in [0.3, 0.4) is 0 Å². The molecule has 0 radical (unpaired) electrons. The molecule has 1 N–H and O–H groups in total. The molecule has 7 heteroatoms. The molecule has 0 spiro atoms. The van der Waals surface area contributed by atoms with Crippen molar-refractivity contribution in [2.75, 3.05) is 18.9 Å². The third-order valence-electron chi connectivity index (χ3n) is 3.69. The Morgan fingerprint density at radius 1 is 1.16 bits per heavy atom. The van der Waals surface area contributed by atoms with Crippen molar-refractivity contribution in [2.45, 2.75) is 12.7 Å². The van der Waals surface area contributed by atoms with Crippen LogP contribution in [0, 0.1) is 18.3 Å². The van der Waals surface area contributed by atoms with E-state index in [-0.39, 0.29) is 12.3 Å². The second-order valence-electron chi connectivity index (χ2n) is 5.68. The Kier molecular flexibility index (Phi) is 5.91. The summed E-state index contributed by atoms with van der Waals surface area (Å²) >= 11 is 0. The van der Waals surface area contributed by atoms with Crippen LogP contribution >= 0.6 is 0 Å². The van der Waals surface area contributed by atoms with Crippen LogP contribution in [0.25, 0.3) is 0 Å². The normalized spacial score (nSPS) is 11.1. The van der Waals surface area contributed by atoms with Crippen molar-refractivity contribution < 1.29 is 13.2 Å². The van der Waals surface area contributed by atoms with Gasteiger partial charge in [0.25, 0.3) is 0 Å². The number of likely N-dealkylation sites (N-methyl/N-ethyl adjacent to an activating group) is 1. The highest BCUT2D eigenvalue weighted by atomic mass is 32.2. The Morgan fingerprint density at radius 3 is 2.40 bits per heavy atom. The molecule has 0 atom stereocenters. The number of anilines is 1. The number of hydrogen-bond acceptors (Lipinski definition) is 4. The van der Waals surface area contributed by atoms with Crippen LogP contribution in [0.5, 0.6) is 0 Å². The highest BCUT2D eigenvalue weighted by Crippen LogP contribution is 2.14. The van der Waals surface area contributed by atoms with Gasteiger partial charge in [-0.1, -0.05) is 30.3 Å². The highest BCUT2D eigenvalue weighted by molar-refractivity contribution is 7.88. The van der Waals surface area contributed by atoms with E-state index in [1.54, 1.807) is 36.4 Å². The Morgan fingerprint density at radius 2 is 1.80 bits per heavy atom. The summed E-state index contributed by atoms with van der Waals surface area (Å²) in [6.45, 7) is 1.59. The molecule has 0 saturated carbocycles. The lowest BCUT2D eigenvalue weighted by atomic mass is 10.2. The van der Waals surface area contributed by atoms with Crippen molar-refractivity contribution >= 4 is 21.6 Å². The molecule has 25 heavy (non-hydrogen) atoms. The summed E-state index contributed by atoms with van der Waals surface area (Å²) < 4.78 is 25.8. The first-order valence-corrected chi connectivity index (χ1v) is 9.21. The smallest absolute Gasteiger partial charge is 0.239 e. The van der Waals surface area contributed by atoms with Crippen LogP contribution in [-0.4, -0.2) is 32.2 Å². The zero-order valence-corrected chi connectivity index (χ0v) is 14.9. The molecule has 0 saturated heterocycles. The minimum absolute atomic E-state index is 0.229. The average molecular weight is 357 g/mol. The molecule has 2 aromatic carbocycles. The fourth-order valence-corrected chi connectivity index (χ4v) is 3.35. The van der Waals surface area contributed by atoms with Crippen LogP contribution in [0.1, 0.15) is 16.7 Å². The van der Waals surface area contributed by atoms with Gasteiger partial charge in [0.1, 0.15) is 0 Å². The van der Waals surface area contributed by atoms with Gasteiger partial charge in [-0.05, 0) is 36.2 Å². The fraction of sp³-hybridized carbons (Fsp3) is 0.222. The number of nitrogens with one attached hydrogen (secondary N) is 1. The Labute approximate surface area is 147 Å². The van der Waals surface area contributed by atoms with Gasteiger partial charge in [0.15, 0.2) is 0 Å². The molecule has 6 nitrogen and oxygen atoms in total. The maximum atomic E-state index is 12.4. The Hall–Kier alpha value is -2.69. The van der Waals surface area contributed by atoms with Crippen molar-refractivity contribution in [3.63, 3.8) is 0 Å². The molecule has 2 rings (SSSR count). The number of carbonyl (C=O) groups is 1. The minimum Gasteiger partial charge on any atom is -0.325 e. The summed E-state index contributed by atoms with van der Waals surface area (Å²) in [5.41, 5.74) is 2.58. The summed E-state index contributed by atoms with van der Waals surface area (Å²) in [5.74, 6) is -0.632. The number of aryl methyl sites for hydroxylation is 1. The highest BCUT2D eigenvalue weighted by Gasteiger charge is 2.21. The van der Waals surface area contributed by atoms with Gasteiger partial charge < -0.3 is 5.32 Å². The standard InChI is InChI=1S/C18H19N3O3S/c1-14-5-3-4-6-17(14)20-18(22)12-21(2)25(23,24)13-16-9-7-15(11-19)8-10-16/h3-10H,12-13H2,1-2H3,(H,20,22). The Balaban J connectivity index is 2.00. The van der Waals surface area contributed by atoms with E-state index < -0.39 is 15.9 Å². The monoisotopic (exact) mass is 357 g/mol. The second-order valence-corrected chi connectivity index (χ2v) is 7.76. The largest absolute Gasteiger partial charge is 0.325 e. The van der Waals surface area contributed by atoms with Crippen molar-refractivity contribution in [3.05, 3.63) is 65.2 Å². The Bertz CT molecular complexity index is 900. The third-order valence-corrected chi connectivity index (χ3v) is 5.47. The van der Waals surface area contributed by atoms with E-state index in [4.69, 9.17) is 5.26 Å². The first-order valence-electron chi connectivity index (χ1n) is 7.60. The average Bonchev–Trinajstić information content (AvgIpc) is 2.57. The minimum atomic E-state index is -3.64. The molecular formula is C18H19N3O3S. The number of nitrogens with zero attached hydrogens (tertiary/aromatic N) is 2. The molecule has 0 aliphatic carbocycles. The quantitative estimate of drug-likeness (QED) is 0.859. The molecular weight excluding hydrogens is 338 g/mol. The van der Waals surface area contributed by atoms with E-state index in [1.807, 2.05) is 25.1 Å². The van der Waals surface area contributed by atoms with Crippen molar-refractivity contribution in [1.82, 2.24) is 4.31 Å². The van der Waals surface area contributed by atoms with Crippen molar-refractivity contribution in [3.8, 4) is 6.07 Å². The summed E-state index contributed by atoms with van der Waals surface area (Å²) in [4.78, 5) is 12.1. The van der Waals surface area contributed by atoms with Gasteiger partial charge in [-0.15, -0.1) is 0 Å². The zero-order valence-electron chi connectivity index (χ0n) is 14.1. The molecule has 0 fully saturated rings. The maximum absolute atomic E-state index is 12.4. The molecule has 0 unspecified atom stereocenters. The first-order chi connectivity index (χ1) is 11.8. The van der Waals surface area contributed by atoms with Crippen LogP contribution in [0.4, 0.5) is 5.69 Å². The van der Waals surface area contributed by atoms with Crippen LogP contribution < -0.4 is 5.32 Å². The molecule has 2 aromatic rings. The number of rotatable bonds is 6. The van der Waals surface area contributed by atoms with Gasteiger partial charge in [-0.3, -0.25) is 4.79 Å². The maximum Gasteiger partial charge on any atom is 0.239 e. The lowest BCUT2D eigenvalue weighted by Crippen LogP contribution is -2.35. The van der Waals surface area contributed by atoms with Gasteiger partial charge in [0.2, 0.25) is 15.9 Å². The number of para-hydroxylation sites is 1. The van der Waals surface area contributed by atoms with E-state index in [2.05, 4.69) is 5.32 Å². The molecule has 0 aliphatic rings. The predicted octanol–water partition coefficient (Wildman–Crippen LogP) is 2.27. The van der Waals surface area contributed by atoms with Crippen LogP contribution in [0.15, 0.2) is 48.5 Å². The third kappa shape index (κ3) is 5.14. The summed E-state index contributed by atoms with van der Waals surface area (Å²) in [5, 5.41) is 11.5.